The van der Waals surface area contributed by atoms with Crippen LogP contribution in [0.4, 0.5) is 0 Å². The molecule has 1 fully saturated rings. The summed E-state index contributed by atoms with van der Waals surface area (Å²) in [4.78, 5) is 11.4. The number of aromatic carboxylic acids is 1. The molecule has 0 radical (unpaired) electrons. The van der Waals surface area contributed by atoms with Gasteiger partial charge in [-0.2, -0.15) is 0 Å². The summed E-state index contributed by atoms with van der Waals surface area (Å²) in [5.41, 5.74) is 1.18. The maximum absolute atomic E-state index is 11.4. The van der Waals surface area contributed by atoms with Crippen molar-refractivity contribution in [3.05, 3.63) is 46.6 Å². The zero-order valence-corrected chi connectivity index (χ0v) is 16.6. The first-order chi connectivity index (χ1) is 11.1. The molecule has 0 unspecified atom stereocenters. The van der Waals surface area contributed by atoms with E-state index in [1.807, 2.05) is 34.9 Å². The van der Waals surface area contributed by atoms with Crippen molar-refractivity contribution >= 4 is 57.6 Å². The van der Waals surface area contributed by atoms with E-state index in [0.29, 0.717) is 12.1 Å². The van der Waals surface area contributed by atoms with E-state index < -0.39 is 5.97 Å². The van der Waals surface area contributed by atoms with Crippen molar-refractivity contribution in [2.75, 3.05) is 6.54 Å². The van der Waals surface area contributed by atoms with Gasteiger partial charge in [-0.3, -0.25) is 0 Å². The summed E-state index contributed by atoms with van der Waals surface area (Å²) in [7, 11) is 0. The van der Waals surface area contributed by atoms with Crippen molar-refractivity contribution in [3.8, 4) is 0 Å². The normalized spacial score (nSPS) is 20.2. The molecule has 8 heteroatoms. The lowest BCUT2D eigenvalue weighted by molar-refractivity contribution is 0.0699. The average molecular weight is 452 g/mol. The first-order valence-electron chi connectivity index (χ1n) is 7.66. The number of halogens is 3. The molecule has 1 aliphatic heterocycles. The predicted octanol–water partition coefficient (Wildman–Crippen LogP) is 3.61. The van der Waals surface area contributed by atoms with E-state index >= 15 is 0 Å². The van der Waals surface area contributed by atoms with Gasteiger partial charge in [0.15, 0.2) is 0 Å². The van der Waals surface area contributed by atoms with Crippen molar-refractivity contribution < 1.29 is 15.0 Å². The zero-order chi connectivity index (χ0) is 16.4. The Labute approximate surface area is 167 Å². The van der Waals surface area contributed by atoms with E-state index in [0.717, 1.165) is 34.8 Å². The molecule has 0 amide bonds. The van der Waals surface area contributed by atoms with Gasteiger partial charge in [0.25, 0.3) is 0 Å². The molecule has 1 aliphatic rings. The summed E-state index contributed by atoms with van der Waals surface area (Å²) < 4.78 is 2.77. The Balaban J connectivity index is 0.00000156. The molecule has 3 rings (SSSR count). The van der Waals surface area contributed by atoms with Crippen molar-refractivity contribution in [1.29, 1.82) is 0 Å². The van der Waals surface area contributed by atoms with Gasteiger partial charge >= 0.3 is 5.97 Å². The highest BCUT2D eigenvalue weighted by Crippen LogP contribution is 2.25. The van der Waals surface area contributed by atoms with Crippen LogP contribution < -0.4 is 5.32 Å². The maximum Gasteiger partial charge on any atom is 0.337 e. The topological polar surface area (TPSA) is 74.5 Å². The number of carboxylic acids is 1. The Morgan fingerprint density at radius 3 is 2.84 bits per heavy atom. The lowest BCUT2D eigenvalue weighted by Crippen LogP contribution is -2.43. The largest absolute Gasteiger partial charge is 0.478 e. The maximum atomic E-state index is 11.4. The van der Waals surface area contributed by atoms with E-state index in [9.17, 15) is 15.0 Å². The van der Waals surface area contributed by atoms with E-state index in [2.05, 4.69) is 21.2 Å². The summed E-state index contributed by atoms with van der Waals surface area (Å²) in [6.07, 6.45) is 7.05. The lowest BCUT2D eigenvalue weighted by Gasteiger charge is -2.26. The van der Waals surface area contributed by atoms with Gasteiger partial charge in [-0.1, -0.05) is 28.1 Å². The average Bonchev–Trinajstić information content (AvgIpc) is 2.87. The molecule has 2 atom stereocenters. The number of rotatable bonds is 4. The van der Waals surface area contributed by atoms with Gasteiger partial charge in [0.2, 0.25) is 0 Å². The Hall–Kier alpha value is -1.05. The number of nitrogens with zero attached hydrogens (tertiary/aromatic N) is 1. The van der Waals surface area contributed by atoms with Gasteiger partial charge in [0.05, 0.1) is 17.7 Å². The van der Waals surface area contributed by atoms with Crippen LogP contribution in [0.1, 0.15) is 23.2 Å². The fourth-order valence-corrected chi connectivity index (χ4v) is 3.36. The molecule has 0 bridgehead atoms. The number of allylic oxidation sites excluding steroid dienone is 1. The quantitative estimate of drug-likeness (QED) is 0.620. The van der Waals surface area contributed by atoms with E-state index in [1.54, 1.807) is 6.20 Å². The molecule has 2 heterocycles. The predicted molar refractivity (Wildman–Crippen MR) is 107 cm³/mol. The number of benzene rings is 1. The lowest BCUT2D eigenvalue weighted by atomic mass is 10.0. The van der Waals surface area contributed by atoms with Gasteiger partial charge in [-0.05, 0) is 37.6 Å². The molecule has 138 valence electrons. The molecule has 1 aromatic carbocycles. The highest BCUT2D eigenvalue weighted by atomic mass is 79.9. The van der Waals surface area contributed by atoms with Crippen LogP contribution in [0.2, 0.25) is 0 Å². The van der Waals surface area contributed by atoms with Gasteiger partial charge in [-0.25, -0.2) is 4.79 Å². The van der Waals surface area contributed by atoms with Crippen LogP contribution >= 0.6 is 40.7 Å². The number of carboxylic acid groups (broad SMARTS) is 1. The second-order valence-corrected chi connectivity index (χ2v) is 6.70. The van der Waals surface area contributed by atoms with E-state index in [-0.39, 0.29) is 37.0 Å². The Kier molecular flexibility index (Phi) is 8.44. The molecule has 2 aromatic rings. The highest BCUT2D eigenvalue weighted by molar-refractivity contribution is 9.10. The summed E-state index contributed by atoms with van der Waals surface area (Å²) in [5.74, 6) is -0.930. The van der Waals surface area contributed by atoms with Crippen LogP contribution in [0.3, 0.4) is 0 Å². The monoisotopic (exact) mass is 450 g/mol. The minimum atomic E-state index is -0.930. The Bertz CT molecular complexity index is 764. The summed E-state index contributed by atoms with van der Waals surface area (Å²) in [6, 6.07) is 5.61. The number of aliphatic hydroxyl groups is 1. The molecule has 0 spiro atoms. The third-order valence-electron chi connectivity index (χ3n) is 4.19. The van der Waals surface area contributed by atoms with Crippen molar-refractivity contribution in [1.82, 2.24) is 9.88 Å². The molecule has 0 aliphatic carbocycles. The van der Waals surface area contributed by atoms with Crippen LogP contribution in [-0.2, 0) is 6.54 Å². The Morgan fingerprint density at radius 2 is 2.16 bits per heavy atom. The number of piperidine rings is 1. The second kappa shape index (κ2) is 9.59. The molecular weight excluding hydrogens is 431 g/mol. The highest BCUT2D eigenvalue weighted by Gasteiger charge is 2.19. The minimum Gasteiger partial charge on any atom is -0.478 e. The molecule has 1 aromatic heterocycles. The van der Waals surface area contributed by atoms with Crippen LogP contribution in [0.15, 0.2) is 41.0 Å². The number of hydrogen-bond acceptors (Lipinski definition) is 3. The second-order valence-electron chi connectivity index (χ2n) is 5.78. The summed E-state index contributed by atoms with van der Waals surface area (Å²) in [6.45, 7) is 1.48. The van der Waals surface area contributed by atoms with Gasteiger partial charge in [0.1, 0.15) is 0 Å². The molecule has 25 heavy (non-hydrogen) atoms. The van der Waals surface area contributed by atoms with Crippen molar-refractivity contribution in [2.45, 2.75) is 31.5 Å². The van der Waals surface area contributed by atoms with E-state index in [1.165, 1.54) is 0 Å². The molecule has 0 saturated carbocycles. The molecule has 5 nitrogen and oxygen atoms in total. The SMILES string of the molecule is Cl.Cl.O=C(O)c1cn(C/C=C/[C@H]2NCCC[C@@H]2O)c2ccc(Br)cc12. The van der Waals surface area contributed by atoms with Gasteiger partial charge in [0, 0.05) is 28.1 Å². The molecule has 1 saturated heterocycles. The van der Waals surface area contributed by atoms with Gasteiger partial charge < -0.3 is 20.1 Å². The smallest absolute Gasteiger partial charge is 0.337 e. The number of hydrogen-bond donors (Lipinski definition) is 3. The van der Waals surface area contributed by atoms with Crippen LogP contribution in [0, 0.1) is 0 Å². The summed E-state index contributed by atoms with van der Waals surface area (Å²) >= 11 is 3.38. The number of aromatic nitrogens is 1. The first kappa shape index (κ1) is 22.0. The van der Waals surface area contributed by atoms with Gasteiger partial charge in [-0.15, -0.1) is 24.8 Å². The third kappa shape index (κ3) is 4.99. The first-order valence-corrected chi connectivity index (χ1v) is 8.45. The van der Waals surface area contributed by atoms with Crippen LogP contribution in [0.25, 0.3) is 10.9 Å². The fraction of sp³-hybridized carbons (Fsp3) is 0.353. The molecular formula is C17H21BrCl2N2O3. The van der Waals surface area contributed by atoms with Crippen LogP contribution in [-0.4, -0.2) is 39.4 Å². The number of carbonyl (C=O) groups is 1. The number of aliphatic hydroxyl groups excluding tert-OH is 1. The molecule has 3 N–H and O–H groups in total. The number of nitrogens with one attached hydrogen (secondary N) is 1. The Morgan fingerprint density at radius 1 is 1.40 bits per heavy atom. The number of fused-ring (bicyclic) bond motifs is 1. The van der Waals surface area contributed by atoms with Crippen molar-refractivity contribution in [3.63, 3.8) is 0 Å². The van der Waals surface area contributed by atoms with Crippen molar-refractivity contribution in [2.24, 2.45) is 0 Å². The van der Waals surface area contributed by atoms with Crippen LogP contribution in [0.5, 0.6) is 0 Å². The van der Waals surface area contributed by atoms with E-state index in [4.69, 9.17) is 0 Å². The standard InChI is InChI=1S/C17H19BrN2O3.2ClH/c18-11-5-6-15-12(9-11)13(17(22)23)10-20(15)8-2-3-14-16(21)4-1-7-19-14;;/h2-3,5-6,9-10,14,16,19,21H,1,4,7-8H2,(H,22,23);2*1H/b3-2+;;/t14-,16+;;/m1../s1. The zero-order valence-electron chi connectivity index (χ0n) is 13.4. The minimum absolute atomic E-state index is 0. The third-order valence-corrected chi connectivity index (χ3v) is 4.68. The fourth-order valence-electron chi connectivity index (χ4n) is 3.00. The summed E-state index contributed by atoms with van der Waals surface area (Å²) in [5, 5.41) is 23.3.